The molecule has 0 aromatic carbocycles. The van der Waals surface area contributed by atoms with Crippen molar-refractivity contribution < 1.29 is 23.8 Å². The second kappa shape index (κ2) is 56.9. The number of hydrogen-bond acceptors (Lipinski definition) is 5. The molecule has 66 heavy (non-hydrogen) atoms. The molecule has 0 fully saturated rings. The number of ether oxygens (including phenoxy) is 3. The van der Waals surface area contributed by atoms with Gasteiger partial charge >= 0.3 is 11.9 Å². The van der Waals surface area contributed by atoms with Gasteiger partial charge in [0.25, 0.3) is 0 Å². The van der Waals surface area contributed by atoms with Crippen LogP contribution in [-0.2, 0) is 23.8 Å². The van der Waals surface area contributed by atoms with E-state index >= 15 is 0 Å². The highest BCUT2D eigenvalue weighted by molar-refractivity contribution is 5.70. The molecule has 0 radical (unpaired) electrons. The number of hydrogen-bond donors (Lipinski definition) is 0. The van der Waals surface area contributed by atoms with E-state index in [1.165, 1.54) is 180 Å². The minimum absolute atomic E-state index is 0.0775. The van der Waals surface area contributed by atoms with Crippen molar-refractivity contribution in [1.82, 2.24) is 0 Å². The van der Waals surface area contributed by atoms with Crippen LogP contribution in [-0.4, -0.2) is 37.9 Å². The van der Waals surface area contributed by atoms with Crippen LogP contribution in [0.2, 0.25) is 0 Å². The number of rotatable bonds is 53. The lowest BCUT2D eigenvalue weighted by molar-refractivity contribution is -0.163. The quantitative estimate of drug-likeness (QED) is 0.0346. The smallest absolute Gasteiger partial charge is 0.306 e. The minimum atomic E-state index is -0.544. The molecule has 1 unspecified atom stereocenters. The predicted molar refractivity (Wildman–Crippen MR) is 288 cm³/mol. The normalized spacial score (nSPS) is 12.6. The van der Waals surface area contributed by atoms with Crippen LogP contribution in [0.4, 0.5) is 0 Å². The summed E-state index contributed by atoms with van der Waals surface area (Å²) in [5.74, 6) is -0.403. The molecule has 384 valence electrons. The van der Waals surface area contributed by atoms with Crippen molar-refractivity contribution in [3.63, 3.8) is 0 Å². The Labute approximate surface area is 411 Å². The monoisotopic (exact) mass is 923 g/mol. The van der Waals surface area contributed by atoms with E-state index in [-0.39, 0.29) is 25.2 Å². The van der Waals surface area contributed by atoms with Crippen LogP contribution in [0.15, 0.2) is 60.8 Å². The number of carbonyl (C=O) groups excluding carboxylic acids is 2. The third-order valence-corrected chi connectivity index (χ3v) is 12.5. The first-order valence-corrected chi connectivity index (χ1v) is 28.8. The van der Waals surface area contributed by atoms with Gasteiger partial charge in [0.2, 0.25) is 0 Å². The van der Waals surface area contributed by atoms with Gasteiger partial charge in [0.15, 0.2) is 6.10 Å². The second-order valence-electron chi connectivity index (χ2n) is 19.2. The molecular weight excluding hydrogens is 813 g/mol. The summed E-state index contributed by atoms with van der Waals surface area (Å²) in [6, 6.07) is 0. The van der Waals surface area contributed by atoms with Crippen LogP contribution < -0.4 is 0 Å². The van der Waals surface area contributed by atoms with Crippen LogP contribution in [0, 0.1) is 0 Å². The summed E-state index contributed by atoms with van der Waals surface area (Å²) in [5.41, 5.74) is 0. The van der Waals surface area contributed by atoms with E-state index < -0.39 is 6.10 Å². The van der Waals surface area contributed by atoms with E-state index in [1.54, 1.807) is 0 Å². The maximum absolute atomic E-state index is 12.9. The minimum Gasteiger partial charge on any atom is -0.462 e. The molecule has 5 nitrogen and oxygen atoms in total. The van der Waals surface area contributed by atoms with Gasteiger partial charge in [0.1, 0.15) is 6.61 Å². The van der Waals surface area contributed by atoms with E-state index in [0.29, 0.717) is 19.4 Å². The SMILES string of the molecule is CC/C=C\C/C=C\C/C=C\C/C=C\CCCCCCCCC(=O)OCC(COCCCCCCCC/C=C\CCCCCC)OC(=O)CCCCCCCCCCCCCCCCCCC. The first kappa shape index (κ1) is 63.6. The molecule has 0 spiro atoms. The Hall–Kier alpha value is -2.40. The van der Waals surface area contributed by atoms with Gasteiger partial charge in [-0.15, -0.1) is 0 Å². The molecule has 0 aliphatic heterocycles. The molecule has 0 bridgehead atoms. The van der Waals surface area contributed by atoms with Gasteiger partial charge in [-0.25, -0.2) is 0 Å². The first-order valence-electron chi connectivity index (χ1n) is 28.8. The fourth-order valence-electron chi connectivity index (χ4n) is 8.26. The average molecular weight is 924 g/mol. The predicted octanol–water partition coefficient (Wildman–Crippen LogP) is 19.7. The summed E-state index contributed by atoms with van der Waals surface area (Å²) in [7, 11) is 0. The lowest BCUT2D eigenvalue weighted by Crippen LogP contribution is -2.30. The molecule has 0 aromatic heterocycles. The van der Waals surface area contributed by atoms with E-state index in [9.17, 15) is 9.59 Å². The molecule has 0 rings (SSSR count). The molecule has 0 aliphatic rings. The second-order valence-corrected chi connectivity index (χ2v) is 19.2. The van der Waals surface area contributed by atoms with Crippen molar-refractivity contribution in [1.29, 1.82) is 0 Å². The molecule has 1 atom stereocenters. The van der Waals surface area contributed by atoms with Gasteiger partial charge in [-0.1, -0.05) is 255 Å². The van der Waals surface area contributed by atoms with Crippen molar-refractivity contribution >= 4 is 11.9 Å². The molecular formula is C61H110O5. The molecule has 0 amide bonds. The largest absolute Gasteiger partial charge is 0.462 e. The van der Waals surface area contributed by atoms with Gasteiger partial charge in [-0.05, 0) is 83.5 Å². The molecule has 0 saturated heterocycles. The fraction of sp³-hybridized carbons (Fsp3) is 0.803. The van der Waals surface area contributed by atoms with E-state index in [0.717, 1.165) is 77.0 Å². The Morgan fingerprint density at radius 3 is 1.12 bits per heavy atom. The van der Waals surface area contributed by atoms with Gasteiger partial charge < -0.3 is 14.2 Å². The fourth-order valence-corrected chi connectivity index (χ4v) is 8.26. The molecule has 5 heteroatoms. The van der Waals surface area contributed by atoms with Crippen molar-refractivity contribution in [2.75, 3.05) is 19.8 Å². The summed E-state index contributed by atoms with van der Waals surface area (Å²) >= 11 is 0. The van der Waals surface area contributed by atoms with E-state index in [4.69, 9.17) is 14.2 Å². The van der Waals surface area contributed by atoms with Gasteiger partial charge in [0.05, 0.1) is 6.61 Å². The number of allylic oxidation sites excluding steroid dienone is 10. The summed E-state index contributed by atoms with van der Waals surface area (Å²) in [4.78, 5) is 25.5. The van der Waals surface area contributed by atoms with Crippen molar-refractivity contribution in [3.05, 3.63) is 60.8 Å². The maximum Gasteiger partial charge on any atom is 0.306 e. The van der Waals surface area contributed by atoms with Crippen molar-refractivity contribution in [2.24, 2.45) is 0 Å². The Balaban J connectivity index is 4.27. The van der Waals surface area contributed by atoms with Crippen molar-refractivity contribution in [2.45, 2.75) is 297 Å². The van der Waals surface area contributed by atoms with Crippen LogP contribution in [0.5, 0.6) is 0 Å². The first-order chi connectivity index (χ1) is 32.6. The standard InChI is InChI=1S/C61H110O5/c1-4-7-10-13-16-19-22-25-28-30-31-33-34-36-39-42-45-48-51-54-60(62)65-58-59(57-64-56-53-50-47-44-41-38-27-24-21-18-15-12-9-6-3)66-61(63)55-52-49-46-43-40-37-35-32-29-26-23-20-17-14-11-8-5-2/h7,10,16,19,21,24-25,28,31,33,59H,4-6,8-9,11-15,17-18,20,22-23,26-27,29-30,32,34-58H2,1-3H3/b10-7-,19-16-,24-21-,28-25-,33-31-. The topological polar surface area (TPSA) is 61.8 Å². The summed E-state index contributed by atoms with van der Waals surface area (Å²) in [6.07, 6.45) is 72.4. The molecule has 0 heterocycles. The van der Waals surface area contributed by atoms with Gasteiger partial charge in [-0.2, -0.15) is 0 Å². The zero-order chi connectivity index (χ0) is 47.7. The number of unbranched alkanes of at least 4 members (excludes halogenated alkanes) is 32. The summed E-state index contributed by atoms with van der Waals surface area (Å²) in [6.45, 7) is 7.72. The third-order valence-electron chi connectivity index (χ3n) is 12.5. The lowest BCUT2D eigenvalue weighted by Gasteiger charge is -2.18. The zero-order valence-corrected chi connectivity index (χ0v) is 44.2. The van der Waals surface area contributed by atoms with Crippen LogP contribution in [0.1, 0.15) is 290 Å². The van der Waals surface area contributed by atoms with E-state index in [1.807, 2.05) is 0 Å². The Morgan fingerprint density at radius 1 is 0.348 bits per heavy atom. The molecule has 0 N–H and O–H groups in total. The van der Waals surface area contributed by atoms with Crippen LogP contribution in [0.3, 0.4) is 0 Å². The third kappa shape index (κ3) is 54.2. The Kier molecular flexibility index (Phi) is 54.9. The van der Waals surface area contributed by atoms with Crippen LogP contribution >= 0.6 is 0 Å². The molecule has 0 aromatic rings. The number of carbonyl (C=O) groups is 2. The summed E-state index contributed by atoms with van der Waals surface area (Å²) in [5, 5.41) is 0. The van der Waals surface area contributed by atoms with E-state index in [2.05, 4.69) is 81.5 Å². The van der Waals surface area contributed by atoms with Crippen molar-refractivity contribution in [3.8, 4) is 0 Å². The Morgan fingerprint density at radius 2 is 0.682 bits per heavy atom. The highest BCUT2D eigenvalue weighted by Crippen LogP contribution is 2.16. The van der Waals surface area contributed by atoms with Gasteiger partial charge in [-0.3, -0.25) is 9.59 Å². The average Bonchev–Trinajstić information content (AvgIpc) is 3.32. The zero-order valence-electron chi connectivity index (χ0n) is 44.2. The lowest BCUT2D eigenvalue weighted by atomic mass is 10.0. The highest BCUT2D eigenvalue weighted by Gasteiger charge is 2.17. The maximum atomic E-state index is 12.9. The Bertz CT molecular complexity index is 1130. The van der Waals surface area contributed by atoms with Crippen LogP contribution in [0.25, 0.3) is 0 Å². The summed E-state index contributed by atoms with van der Waals surface area (Å²) < 4.78 is 17.5. The highest BCUT2D eigenvalue weighted by atomic mass is 16.6. The number of esters is 2. The van der Waals surface area contributed by atoms with Gasteiger partial charge in [0, 0.05) is 19.4 Å². The molecule has 0 saturated carbocycles. The molecule has 0 aliphatic carbocycles.